The van der Waals surface area contributed by atoms with Crippen LogP contribution in [0.25, 0.3) is 0 Å². The summed E-state index contributed by atoms with van der Waals surface area (Å²) in [6, 6.07) is 14.7. The Bertz CT molecular complexity index is 844. The Morgan fingerprint density at radius 3 is 2.50 bits per heavy atom. The van der Waals surface area contributed by atoms with E-state index >= 15 is 0 Å². The second kappa shape index (κ2) is 8.78. The Morgan fingerprint density at radius 2 is 1.86 bits per heavy atom. The fraction of sp³-hybridized carbons (Fsp3) is 0.364. The molecule has 6 heteroatoms. The van der Waals surface area contributed by atoms with E-state index in [1.165, 1.54) is 5.56 Å². The molecule has 1 aliphatic rings. The third kappa shape index (κ3) is 4.82. The molecule has 1 unspecified atom stereocenters. The van der Waals surface area contributed by atoms with Gasteiger partial charge >= 0.3 is 6.03 Å². The van der Waals surface area contributed by atoms with Crippen molar-refractivity contribution in [2.45, 2.75) is 38.1 Å². The number of carbonyl (C=O) groups is 2. The first kappa shape index (κ1) is 19.7. The zero-order chi connectivity index (χ0) is 20.1. The van der Waals surface area contributed by atoms with Crippen molar-refractivity contribution in [2.75, 3.05) is 18.8 Å². The SMILES string of the molecule is Cc1ccccc1C(CC(=O)N1CCC(c2cccc(N)c2)CC1)NC(N)=O. The molecule has 2 aromatic rings. The summed E-state index contributed by atoms with van der Waals surface area (Å²) in [6.07, 6.45) is 2.03. The van der Waals surface area contributed by atoms with Crippen LogP contribution in [0.15, 0.2) is 48.5 Å². The zero-order valence-electron chi connectivity index (χ0n) is 16.2. The summed E-state index contributed by atoms with van der Waals surface area (Å²) in [5, 5.41) is 2.73. The molecular formula is C22H28N4O2. The molecule has 0 aliphatic carbocycles. The van der Waals surface area contributed by atoms with Gasteiger partial charge in [-0.05, 0) is 54.5 Å². The van der Waals surface area contributed by atoms with Crippen LogP contribution >= 0.6 is 0 Å². The van der Waals surface area contributed by atoms with Crippen LogP contribution in [0.2, 0.25) is 0 Å². The molecule has 1 heterocycles. The molecule has 0 spiro atoms. The number of benzene rings is 2. The first-order valence-corrected chi connectivity index (χ1v) is 9.68. The molecule has 2 aromatic carbocycles. The molecule has 1 fully saturated rings. The maximum absolute atomic E-state index is 12.9. The summed E-state index contributed by atoms with van der Waals surface area (Å²) in [5.41, 5.74) is 15.2. The van der Waals surface area contributed by atoms with Crippen LogP contribution in [-0.2, 0) is 4.79 Å². The van der Waals surface area contributed by atoms with Gasteiger partial charge in [0.15, 0.2) is 0 Å². The standard InChI is InChI=1S/C22H28N4O2/c1-15-5-2-3-8-19(15)20(25-22(24)28)14-21(27)26-11-9-16(10-12-26)17-6-4-7-18(23)13-17/h2-8,13,16,20H,9-12,14,23H2,1H3,(H3,24,25,28). The Balaban J connectivity index is 1.63. The van der Waals surface area contributed by atoms with E-state index in [4.69, 9.17) is 11.5 Å². The molecule has 1 aliphatic heterocycles. The molecule has 3 amide bonds. The minimum Gasteiger partial charge on any atom is -0.399 e. The summed E-state index contributed by atoms with van der Waals surface area (Å²) >= 11 is 0. The number of hydrogen-bond donors (Lipinski definition) is 3. The van der Waals surface area contributed by atoms with E-state index in [0.717, 1.165) is 29.7 Å². The minimum absolute atomic E-state index is 0.0352. The van der Waals surface area contributed by atoms with Crippen molar-refractivity contribution in [1.29, 1.82) is 0 Å². The quantitative estimate of drug-likeness (QED) is 0.695. The van der Waals surface area contributed by atoms with Crippen molar-refractivity contribution in [2.24, 2.45) is 5.73 Å². The average molecular weight is 380 g/mol. The predicted octanol–water partition coefficient (Wildman–Crippen LogP) is 3.08. The molecule has 28 heavy (non-hydrogen) atoms. The number of amides is 3. The van der Waals surface area contributed by atoms with Gasteiger partial charge in [0, 0.05) is 18.8 Å². The summed E-state index contributed by atoms with van der Waals surface area (Å²) in [7, 11) is 0. The van der Waals surface area contributed by atoms with Crippen LogP contribution in [0.1, 0.15) is 47.9 Å². The van der Waals surface area contributed by atoms with Gasteiger partial charge in [-0.15, -0.1) is 0 Å². The van der Waals surface area contributed by atoms with Gasteiger partial charge in [0.05, 0.1) is 12.5 Å². The van der Waals surface area contributed by atoms with Gasteiger partial charge in [0.2, 0.25) is 5.91 Å². The van der Waals surface area contributed by atoms with E-state index in [9.17, 15) is 9.59 Å². The first-order chi connectivity index (χ1) is 13.4. The Labute approximate surface area is 165 Å². The second-order valence-corrected chi connectivity index (χ2v) is 7.45. The number of carbonyl (C=O) groups excluding carboxylic acids is 2. The third-order valence-electron chi connectivity index (χ3n) is 5.49. The Morgan fingerprint density at radius 1 is 1.14 bits per heavy atom. The number of hydrogen-bond acceptors (Lipinski definition) is 3. The number of primary amides is 1. The van der Waals surface area contributed by atoms with E-state index in [2.05, 4.69) is 11.4 Å². The molecule has 0 aromatic heterocycles. The number of nitrogen functional groups attached to an aromatic ring is 1. The fourth-order valence-electron chi connectivity index (χ4n) is 3.97. The lowest BCUT2D eigenvalue weighted by atomic mass is 9.89. The summed E-state index contributed by atoms with van der Waals surface area (Å²) in [6.45, 7) is 3.37. The van der Waals surface area contributed by atoms with Crippen molar-refractivity contribution < 1.29 is 9.59 Å². The number of nitrogens with two attached hydrogens (primary N) is 2. The fourth-order valence-corrected chi connectivity index (χ4v) is 3.97. The molecule has 3 rings (SSSR count). The normalized spacial score (nSPS) is 15.8. The van der Waals surface area contributed by atoms with Crippen LogP contribution in [-0.4, -0.2) is 29.9 Å². The number of piperidine rings is 1. The number of likely N-dealkylation sites (tertiary alicyclic amines) is 1. The summed E-state index contributed by atoms with van der Waals surface area (Å²) in [5.74, 6) is 0.455. The zero-order valence-corrected chi connectivity index (χ0v) is 16.2. The number of anilines is 1. The Hall–Kier alpha value is -3.02. The number of aryl methyl sites for hydroxylation is 1. The van der Waals surface area contributed by atoms with Crippen LogP contribution in [0.5, 0.6) is 0 Å². The largest absolute Gasteiger partial charge is 0.399 e. The molecule has 0 saturated carbocycles. The number of nitrogens with one attached hydrogen (secondary N) is 1. The van der Waals surface area contributed by atoms with Crippen LogP contribution < -0.4 is 16.8 Å². The van der Waals surface area contributed by atoms with Gasteiger partial charge in [0.25, 0.3) is 0 Å². The molecule has 148 valence electrons. The monoisotopic (exact) mass is 380 g/mol. The molecule has 6 nitrogen and oxygen atoms in total. The highest BCUT2D eigenvalue weighted by Gasteiger charge is 2.27. The lowest BCUT2D eigenvalue weighted by Gasteiger charge is -2.33. The van der Waals surface area contributed by atoms with E-state index in [1.807, 2.05) is 54.3 Å². The lowest BCUT2D eigenvalue weighted by Crippen LogP contribution is -2.41. The van der Waals surface area contributed by atoms with Crippen molar-refractivity contribution >= 4 is 17.6 Å². The topological polar surface area (TPSA) is 101 Å². The van der Waals surface area contributed by atoms with Crippen LogP contribution in [0, 0.1) is 6.92 Å². The van der Waals surface area contributed by atoms with Gasteiger partial charge in [-0.2, -0.15) is 0 Å². The van der Waals surface area contributed by atoms with Crippen molar-refractivity contribution in [3.63, 3.8) is 0 Å². The maximum atomic E-state index is 12.9. The van der Waals surface area contributed by atoms with Crippen molar-refractivity contribution in [3.8, 4) is 0 Å². The van der Waals surface area contributed by atoms with Gasteiger partial charge in [-0.1, -0.05) is 36.4 Å². The smallest absolute Gasteiger partial charge is 0.312 e. The first-order valence-electron chi connectivity index (χ1n) is 9.68. The van der Waals surface area contributed by atoms with Crippen molar-refractivity contribution in [3.05, 3.63) is 65.2 Å². The van der Waals surface area contributed by atoms with Crippen LogP contribution in [0.3, 0.4) is 0 Å². The van der Waals surface area contributed by atoms with Gasteiger partial charge < -0.3 is 21.7 Å². The highest BCUT2D eigenvalue weighted by Crippen LogP contribution is 2.30. The highest BCUT2D eigenvalue weighted by molar-refractivity contribution is 5.79. The van der Waals surface area contributed by atoms with Crippen molar-refractivity contribution in [1.82, 2.24) is 10.2 Å². The van der Waals surface area contributed by atoms with Crippen LogP contribution in [0.4, 0.5) is 10.5 Å². The number of nitrogens with zero attached hydrogens (tertiary/aromatic N) is 1. The molecule has 5 N–H and O–H groups in total. The van der Waals surface area contributed by atoms with E-state index in [-0.39, 0.29) is 12.3 Å². The van der Waals surface area contributed by atoms with E-state index < -0.39 is 12.1 Å². The van der Waals surface area contributed by atoms with E-state index in [0.29, 0.717) is 19.0 Å². The van der Waals surface area contributed by atoms with Gasteiger partial charge in [-0.25, -0.2) is 4.79 Å². The highest BCUT2D eigenvalue weighted by atomic mass is 16.2. The molecule has 0 radical (unpaired) electrons. The van der Waals surface area contributed by atoms with Gasteiger partial charge in [0.1, 0.15) is 0 Å². The number of rotatable bonds is 5. The maximum Gasteiger partial charge on any atom is 0.312 e. The van der Waals surface area contributed by atoms with Gasteiger partial charge in [-0.3, -0.25) is 4.79 Å². The summed E-state index contributed by atoms with van der Waals surface area (Å²) < 4.78 is 0. The summed E-state index contributed by atoms with van der Waals surface area (Å²) in [4.78, 5) is 26.2. The van der Waals surface area contributed by atoms with E-state index in [1.54, 1.807) is 0 Å². The minimum atomic E-state index is -0.624. The molecule has 0 bridgehead atoms. The second-order valence-electron chi connectivity index (χ2n) is 7.45. The molecule has 1 atom stereocenters. The average Bonchev–Trinajstić information content (AvgIpc) is 2.67. The third-order valence-corrected chi connectivity index (χ3v) is 5.49. The molecule has 1 saturated heterocycles. The number of urea groups is 1. The lowest BCUT2D eigenvalue weighted by molar-refractivity contribution is -0.132. The predicted molar refractivity (Wildman–Crippen MR) is 111 cm³/mol. The Kier molecular flexibility index (Phi) is 6.19. The molecular weight excluding hydrogens is 352 g/mol.